The highest BCUT2D eigenvalue weighted by atomic mass is 35.5. The fourth-order valence-corrected chi connectivity index (χ4v) is 11.2. The van der Waals surface area contributed by atoms with Crippen LogP contribution in [-0.4, -0.2) is 84.6 Å². The number of aliphatic hydroxyl groups excluding tert-OH is 1. The molecule has 374 valence electrons. The van der Waals surface area contributed by atoms with Gasteiger partial charge in [-0.1, -0.05) is 80.4 Å². The van der Waals surface area contributed by atoms with Crippen molar-refractivity contribution in [3.63, 3.8) is 0 Å². The smallest absolute Gasteiger partial charge is 0.398 e. The van der Waals surface area contributed by atoms with Gasteiger partial charge in [-0.3, -0.25) is 19.2 Å². The lowest BCUT2D eigenvalue weighted by atomic mass is 9.83. The molecule has 70 heavy (non-hydrogen) atoms. The molecular weight excluding hydrogens is 949 g/mol. The fraction of sp³-hybridized carbons (Fsp3) is 0.509. The number of hydrogen-bond donors (Lipinski definition) is 3. The van der Waals surface area contributed by atoms with Gasteiger partial charge in [-0.2, -0.15) is 32.7 Å². The molecule has 5 aliphatic carbocycles. The van der Waals surface area contributed by atoms with Crippen LogP contribution in [0.25, 0.3) is 11.1 Å². The number of carbonyl (C=O) groups excluding carboxylic acids is 2. The van der Waals surface area contributed by atoms with E-state index in [1.54, 1.807) is 10.7 Å². The van der Waals surface area contributed by atoms with E-state index in [0.717, 1.165) is 58.5 Å². The monoisotopic (exact) mass is 1010 g/mol. The van der Waals surface area contributed by atoms with Gasteiger partial charge in [-0.15, -0.1) is 0 Å². The van der Waals surface area contributed by atoms with Gasteiger partial charge in [0.2, 0.25) is 0 Å². The third kappa shape index (κ3) is 9.79. The van der Waals surface area contributed by atoms with Crippen LogP contribution >= 0.6 is 23.2 Å². The number of fused-ring (bicyclic) bond motifs is 2. The fourth-order valence-electron chi connectivity index (χ4n) is 10.7. The van der Waals surface area contributed by atoms with E-state index in [0.29, 0.717) is 98.9 Å². The molecule has 17 heteroatoms. The summed E-state index contributed by atoms with van der Waals surface area (Å²) in [5.41, 5.74) is 5.89. The quantitative estimate of drug-likeness (QED) is 0.146. The highest BCUT2D eigenvalue weighted by molar-refractivity contribution is 6.34. The summed E-state index contributed by atoms with van der Waals surface area (Å²) in [6, 6.07) is 9.76. The Morgan fingerprint density at radius 2 is 1.26 bits per heavy atom. The zero-order valence-corrected chi connectivity index (χ0v) is 41.1. The van der Waals surface area contributed by atoms with Gasteiger partial charge in [0, 0.05) is 23.7 Å². The normalized spacial score (nSPS) is 22.6. The molecule has 2 aromatic heterocycles. The zero-order chi connectivity index (χ0) is 50.2. The molecule has 12 nitrogen and oxygen atoms in total. The first kappa shape index (κ1) is 51.3. The van der Waals surface area contributed by atoms with Crippen molar-refractivity contribution < 1.29 is 52.4 Å². The number of carboxylic acid groups (broad SMARTS) is 2. The molecule has 10 rings (SSSR count). The zero-order valence-electron chi connectivity index (χ0n) is 39.6. The van der Waals surface area contributed by atoms with Gasteiger partial charge in [0.15, 0.2) is 0 Å². The number of rotatable bonds is 9. The van der Waals surface area contributed by atoms with Crippen LogP contribution in [0.1, 0.15) is 157 Å². The second-order valence-electron chi connectivity index (χ2n) is 19.4. The van der Waals surface area contributed by atoms with Gasteiger partial charge in [0.1, 0.15) is 0 Å². The average Bonchev–Trinajstić information content (AvgIpc) is 3.96. The molecule has 6 aliphatic rings. The molecule has 4 unspecified atom stereocenters. The van der Waals surface area contributed by atoms with Crippen LogP contribution < -0.4 is 0 Å². The Morgan fingerprint density at radius 1 is 0.743 bits per heavy atom. The summed E-state index contributed by atoms with van der Waals surface area (Å²) in [5, 5.41) is 38.2. The summed E-state index contributed by atoms with van der Waals surface area (Å²) in [6.45, 7) is 7.32. The number of nitrogens with zero attached hydrogens (tertiary/aromatic N) is 4. The van der Waals surface area contributed by atoms with E-state index in [2.05, 4.69) is 12.0 Å². The molecule has 1 aliphatic heterocycles. The molecule has 2 aromatic carbocycles. The molecule has 3 heterocycles. The Labute approximate surface area is 414 Å². The van der Waals surface area contributed by atoms with E-state index in [9.17, 15) is 47.7 Å². The summed E-state index contributed by atoms with van der Waals surface area (Å²) in [5.74, 6) is -2.77. The number of aliphatic hydroxyl groups is 1. The number of halogens is 5. The average molecular weight is 1010 g/mol. The summed E-state index contributed by atoms with van der Waals surface area (Å²) < 4.78 is 50.1. The lowest BCUT2D eigenvalue weighted by Gasteiger charge is -2.28. The predicted octanol–water partition coefficient (Wildman–Crippen LogP) is 10.9. The molecule has 4 atom stereocenters. The van der Waals surface area contributed by atoms with Gasteiger partial charge in [0.25, 0.3) is 11.8 Å². The Morgan fingerprint density at radius 3 is 1.73 bits per heavy atom. The van der Waals surface area contributed by atoms with Crippen molar-refractivity contribution in [3.8, 4) is 0 Å². The van der Waals surface area contributed by atoms with Gasteiger partial charge < -0.3 is 20.1 Å². The van der Waals surface area contributed by atoms with Gasteiger partial charge in [-0.25, -0.2) is 0 Å². The second kappa shape index (κ2) is 20.9. The number of alkyl halides is 3. The minimum atomic E-state index is -4.52. The van der Waals surface area contributed by atoms with Crippen LogP contribution in [0.3, 0.4) is 0 Å². The van der Waals surface area contributed by atoms with Crippen LogP contribution in [-0.2, 0) is 45.4 Å². The first-order valence-electron chi connectivity index (χ1n) is 24.5. The summed E-state index contributed by atoms with van der Waals surface area (Å²) >= 11 is 12.9. The van der Waals surface area contributed by atoms with E-state index >= 15 is 0 Å². The Balaban J connectivity index is 0.000000183. The number of benzene rings is 2. The van der Waals surface area contributed by atoms with E-state index < -0.39 is 35.4 Å². The van der Waals surface area contributed by atoms with Crippen LogP contribution in [0.15, 0.2) is 48.6 Å². The second-order valence-corrected chi connectivity index (χ2v) is 20.2. The maximum absolute atomic E-state index is 14.0. The maximum Gasteiger partial charge on any atom is 0.398 e. The molecule has 0 bridgehead atoms. The molecule has 0 amide bonds. The van der Waals surface area contributed by atoms with E-state index in [4.69, 9.17) is 33.0 Å². The van der Waals surface area contributed by atoms with Crippen molar-refractivity contribution in [1.82, 2.24) is 19.6 Å². The highest BCUT2D eigenvalue weighted by Crippen LogP contribution is 2.60. The number of carboxylic acids is 2. The van der Waals surface area contributed by atoms with Crippen LogP contribution in [0.4, 0.5) is 13.2 Å². The lowest BCUT2D eigenvalue weighted by Crippen LogP contribution is -2.32. The molecule has 1 saturated heterocycles. The molecule has 3 N–H and O–H groups in total. The van der Waals surface area contributed by atoms with Crippen LogP contribution in [0, 0.1) is 23.7 Å². The maximum atomic E-state index is 14.0. The van der Waals surface area contributed by atoms with Crippen molar-refractivity contribution in [2.75, 3.05) is 19.8 Å². The molecule has 1 saturated carbocycles. The SMILES string of the molecule is CC.CC1CCc2c(C3=CCC(C(=O)O)CC3)nn(C(=O)c3c(Cl)cccc3C3COC3)c2C1.O=C(O)C1CC=C(c2nn(C(=O)c3c(Cl)cccc3C3(C(F)(F)F)CC3)c3c2CCC(CO)C3)CC1. The van der Waals surface area contributed by atoms with E-state index in [-0.39, 0.29) is 59.3 Å². The first-order chi connectivity index (χ1) is 33.5. The number of hydrogen-bond acceptors (Lipinski definition) is 8. The largest absolute Gasteiger partial charge is 0.481 e. The number of carbonyl (C=O) groups is 4. The molecule has 0 spiro atoms. The Hall–Kier alpha value is -5.09. The minimum Gasteiger partial charge on any atom is -0.481 e. The Kier molecular flexibility index (Phi) is 15.3. The summed E-state index contributed by atoms with van der Waals surface area (Å²) in [4.78, 5) is 50.4. The van der Waals surface area contributed by atoms with Crippen LogP contribution in [0.5, 0.6) is 0 Å². The number of allylic oxidation sites excluding steroid dienone is 4. The van der Waals surface area contributed by atoms with Crippen molar-refractivity contribution >= 4 is 58.1 Å². The minimum absolute atomic E-state index is 0.0606. The number of aromatic nitrogens is 4. The van der Waals surface area contributed by atoms with Gasteiger partial charge in [-0.05, 0) is 136 Å². The molecule has 4 aromatic rings. The third-order valence-corrected chi connectivity index (χ3v) is 15.7. The van der Waals surface area contributed by atoms with Gasteiger partial charge in [0.05, 0.1) is 74.4 Å². The summed E-state index contributed by atoms with van der Waals surface area (Å²) in [6.07, 6.45) is 6.50. The number of ether oxygens (including phenoxy) is 1. The predicted molar refractivity (Wildman–Crippen MR) is 258 cm³/mol. The topological polar surface area (TPSA) is 174 Å². The van der Waals surface area contributed by atoms with Crippen LogP contribution in [0.2, 0.25) is 10.0 Å². The molecule has 0 radical (unpaired) electrons. The van der Waals surface area contributed by atoms with Crippen molar-refractivity contribution in [1.29, 1.82) is 0 Å². The van der Waals surface area contributed by atoms with Crippen molar-refractivity contribution in [3.05, 3.63) is 115 Å². The molecule has 2 fully saturated rings. The third-order valence-electron chi connectivity index (χ3n) is 15.0. The standard InChI is InChI=1S/C26H26ClF3N2O4.C25H27ClN2O4.C2H6/c27-19-3-1-2-18(25(10-11-25)26(28,29)30)21(19)23(34)32-20-12-14(13-33)4-9-17(20)22(31-32)15-5-7-16(8-6-15)24(35)36;1-14-5-10-19-21(11-14)28(27-23(19)15-6-8-16(9-7-15)25(30)31)24(29)22-18(17-12-32-13-17)3-2-4-20(22)26;1-2/h1-3,5,14,16,33H,4,6-13H2,(H,35,36);2-4,6,14,16-17H,5,7-13H2,1H3,(H,30,31);1-2H3. The van der Waals surface area contributed by atoms with Gasteiger partial charge >= 0.3 is 18.1 Å². The lowest BCUT2D eigenvalue weighted by molar-refractivity contribution is -0.160. The first-order valence-corrected chi connectivity index (χ1v) is 25.2. The highest BCUT2D eigenvalue weighted by Gasteiger charge is 2.65. The van der Waals surface area contributed by atoms with Crippen molar-refractivity contribution in [2.24, 2.45) is 23.7 Å². The van der Waals surface area contributed by atoms with E-state index in [1.165, 1.54) is 22.9 Å². The van der Waals surface area contributed by atoms with Crippen molar-refractivity contribution in [2.45, 2.75) is 128 Å². The molecular formula is C53H59Cl2F3N4O8. The van der Waals surface area contributed by atoms with E-state index in [1.807, 2.05) is 38.1 Å². The number of aliphatic carboxylic acids is 2. The Bertz CT molecular complexity index is 2750. The summed E-state index contributed by atoms with van der Waals surface area (Å²) in [7, 11) is 0.